The quantitative estimate of drug-likeness (QED) is 0.582. The van der Waals surface area contributed by atoms with Gasteiger partial charge in [0.1, 0.15) is 0 Å². The Hall–Kier alpha value is -1.74. The van der Waals surface area contributed by atoms with Crippen LogP contribution in [0.25, 0.3) is 0 Å². The third-order valence-corrected chi connectivity index (χ3v) is 2.25. The molecule has 0 N–H and O–H groups in total. The molecule has 2 nitrogen and oxygen atoms in total. The van der Waals surface area contributed by atoms with E-state index in [-0.39, 0.29) is 5.78 Å². The Bertz CT molecular complexity index is 486. The van der Waals surface area contributed by atoms with Crippen molar-refractivity contribution >= 4 is 23.4 Å². The van der Waals surface area contributed by atoms with E-state index in [1.165, 1.54) is 6.26 Å². The van der Waals surface area contributed by atoms with E-state index in [4.69, 9.17) is 16.6 Å². The van der Waals surface area contributed by atoms with Crippen LogP contribution >= 0.6 is 12.2 Å². The van der Waals surface area contributed by atoms with Gasteiger partial charge in [0, 0.05) is 11.1 Å². The predicted octanol–water partition coefficient (Wildman–Crippen LogP) is 2.74. The minimum absolute atomic E-state index is 0.173. The molecule has 0 atom stereocenters. The molecule has 73 valence electrons. The van der Waals surface area contributed by atoms with Crippen LogP contribution in [0.15, 0.2) is 47.1 Å². The second kappa shape index (κ2) is 4.19. The fourth-order valence-corrected chi connectivity index (χ4v) is 1.49. The van der Waals surface area contributed by atoms with Crippen molar-refractivity contribution in [2.45, 2.75) is 0 Å². The van der Waals surface area contributed by atoms with Crippen molar-refractivity contribution in [2.75, 3.05) is 0 Å². The molecule has 1 heterocycles. The van der Waals surface area contributed by atoms with E-state index < -0.39 is 0 Å². The highest BCUT2D eigenvalue weighted by Gasteiger charge is 2.14. The molecule has 0 spiro atoms. The van der Waals surface area contributed by atoms with E-state index in [0.29, 0.717) is 16.9 Å². The SMILES string of the molecule is O=C(c1ccco1)c1ccccc1[C]=S. The highest BCUT2D eigenvalue weighted by atomic mass is 32.1. The van der Waals surface area contributed by atoms with Crippen molar-refractivity contribution in [3.05, 3.63) is 59.5 Å². The first-order valence-electron chi connectivity index (χ1n) is 4.38. The van der Waals surface area contributed by atoms with Crippen LogP contribution < -0.4 is 0 Å². The third kappa shape index (κ3) is 1.87. The maximum absolute atomic E-state index is 11.9. The van der Waals surface area contributed by atoms with Crippen LogP contribution in [0.2, 0.25) is 0 Å². The molecule has 3 heteroatoms. The minimum atomic E-state index is -0.173. The van der Waals surface area contributed by atoms with E-state index in [2.05, 4.69) is 5.37 Å². The standard InChI is InChI=1S/C12H7O2S/c13-12(11-6-3-7-14-11)10-5-2-1-4-9(10)8-15/h1-7H. The molecule has 15 heavy (non-hydrogen) atoms. The molecule has 2 aromatic rings. The molecule has 0 saturated carbocycles. The minimum Gasteiger partial charge on any atom is -0.461 e. The van der Waals surface area contributed by atoms with Crippen molar-refractivity contribution < 1.29 is 9.21 Å². The summed E-state index contributed by atoms with van der Waals surface area (Å²) < 4.78 is 5.04. The first-order valence-corrected chi connectivity index (χ1v) is 4.79. The molecular formula is C12H7O2S. The number of carbonyl (C=O) groups is 1. The Kier molecular flexibility index (Phi) is 2.74. The molecule has 0 aliphatic rings. The van der Waals surface area contributed by atoms with E-state index >= 15 is 0 Å². The molecule has 0 aliphatic heterocycles. The van der Waals surface area contributed by atoms with Gasteiger partial charge in [-0.2, -0.15) is 0 Å². The normalized spacial score (nSPS) is 9.87. The third-order valence-electron chi connectivity index (χ3n) is 2.03. The largest absolute Gasteiger partial charge is 0.461 e. The van der Waals surface area contributed by atoms with Crippen LogP contribution in [0.1, 0.15) is 21.7 Å². The van der Waals surface area contributed by atoms with Crippen LogP contribution in [0.3, 0.4) is 0 Å². The number of furan rings is 1. The van der Waals surface area contributed by atoms with E-state index in [1.807, 2.05) is 6.07 Å². The van der Waals surface area contributed by atoms with Crippen molar-refractivity contribution in [1.29, 1.82) is 0 Å². The van der Waals surface area contributed by atoms with Crippen molar-refractivity contribution in [2.24, 2.45) is 0 Å². The zero-order valence-corrected chi connectivity index (χ0v) is 8.58. The Balaban J connectivity index is 2.46. The summed E-state index contributed by atoms with van der Waals surface area (Å²) in [6.07, 6.45) is 1.47. The average Bonchev–Trinajstić information content (AvgIpc) is 2.81. The van der Waals surface area contributed by atoms with Gasteiger partial charge in [0.05, 0.1) is 11.6 Å². The molecule has 0 unspecified atom stereocenters. The summed E-state index contributed by atoms with van der Waals surface area (Å²) >= 11 is 4.72. The summed E-state index contributed by atoms with van der Waals surface area (Å²) in [4.78, 5) is 11.9. The van der Waals surface area contributed by atoms with Gasteiger partial charge < -0.3 is 4.42 Å². The Morgan fingerprint density at radius 3 is 2.67 bits per heavy atom. The topological polar surface area (TPSA) is 30.2 Å². The van der Waals surface area contributed by atoms with Gasteiger partial charge in [-0.25, -0.2) is 0 Å². The molecule has 1 radical (unpaired) electrons. The maximum Gasteiger partial charge on any atom is 0.228 e. The Labute approximate surface area is 92.5 Å². The number of hydrogen-bond acceptors (Lipinski definition) is 3. The van der Waals surface area contributed by atoms with Gasteiger partial charge in [-0.3, -0.25) is 4.79 Å². The number of carbonyl (C=O) groups excluding carboxylic acids is 1. The summed E-state index contributed by atoms with van der Waals surface area (Å²) in [7, 11) is 0. The predicted molar refractivity (Wildman–Crippen MR) is 60.3 cm³/mol. The zero-order valence-electron chi connectivity index (χ0n) is 7.77. The fraction of sp³-hybridized carbons (Fsp3) is 0. The first-order chi connectivity index (χ1) is 7.33. The summed E-state index contributed by atoms with van der Waals surface area (Å²) in [5, 5.41) is 2.56. The average molecular weight is 215 g/mol. The summed E-state index contributed by atoms with van der Waals surface area (Å²) in [6, 6.07) is 10.4. The molecule has 2 rings (SSSR count). The first kappa shape index (κ1) is 9.80. The molecule has 0 amide bonds. The fourth-order valence-electron chi connectivity index (χ4n) is 1.31. The smallest absolute Gasteiger partial charge is 0.228 e. The van der Waals surface area contributed by atoms with Crippen molar-refractivity contribution in [3.8, 4) is 0 Å². The lowest BCUT2D eigenvalue weighted by atomic mass is 10.0. The van der Waals surface area contributed by atoms with Gasteiger partial charge in [-0.15, -0.1) is 0 Å². The number of rotatable bonds is 3. The van der Waals surface area contributed by atoms with Gasteiger partial charge in [0.2, 0.25) is 5.78 Å². The van der Waals surface area contributed by atoms with Gasteiger partial charge in [0.25, 0.3) is 0 Å². The van der Waals surface area contributed by atoms with E-state index in [9.17, 15) is 4.79 Å². The van der Waals surface area contributed by atoms with Crippen LogP contribution in [0.5, 0.6) is 0 Å². The van der Waals surface area contributed by atoms with Gasteiger partial charge >= 0.3 is 0 Å². The monoisotopic (exact) mass is 215 g/mol. The lowest BCUT2D eigenvalue weighted by Gasteiger charge is -2.00. The molecule has 1 aromatic carbocycles. The summed E-state index contributed by atoms with van der Waals surface area (Å²) in [6.45, 7) is 0. The summed E-state index contributed by atoms with van der Waals surface area (Å²) in [5.74, 6) is 0.139. The van der Waals surface area contributed by atoms with Gasteiger partial charge in [0.15, 0.2) is 5.76 Å². The van der Waals surface area contributed by atoms with Crippen molar-refractivity contribution in [3.63, 3.8) is 0 Å². The zero-order chi connectivity index (χ0) is 10.7. The molecule has 0 fully saturated rings. The molecule has 0 saturated heterocycles. The highest BCUT2D eigenvalue weighted by molar-refractivity contribution is 7.79. The molecular weight excluding hydrogens is 208 g/mol. The number of thiocarbonyl (C=S) groups is 1. The lowest BCUT2D eigenvalue weighted by Crippen LogP contribution is -2.03. The molecule has 0 aliphatic carbocycles. The molecule has 0 bridgehead atoms. The van der Waals surface area contributed by atoms with Crippen LogP contribution in [-0.4, -0.2) is 11.2 Å². The Morgan fingerprint density at radius 2 is 2.00 bits per heavy atom. The Morgan fingerprint density at radius 1 is 1.20 bits per heavy atom. The van der Waals surface area contributed by atoms with Crippen LogP contribution in [0.4, 0.5) is 0 Å². The highest BCUT2D eigenvalue weighted by Crippen LogP contribution is 2.13. The number of hydrogen-bond donors (Lipinski definition) is 0. The second-order valence-corrected chi connectivity index (χ2v) is 3.16. The van der Waals surface area contributed by atoms with E-state index in [0.717, 1.165) is 0 Å². The van der Waals surface area contributed by atoms with Crippen LogP contribution in [0, 0.1) is 0 Å². The van der Waals surface area contributed by atoms with Gasteiger partial charge in [-0.1, -0.05) is 36.5 Å². The number of ketones is 1. The summed E-state index contributed by atoms with van der Waals surface area (Å²) in [5.41, 5.74) is 1.14. The van der Waals surface area contributed by atoms with Crippen LogP contribution in [-0.2, 0) is 0 Å². The van der Waals surface area contributed by atoms with E-state index in [1.54, 1.807) is 30.3 Å². The lowest BCUT2D eigenvalue weighted by molar-refractivity contribution is 0.101. The van der Waals surface area contributed by atoms with Crippen molar-refractivity contribution in [1.82, 2.24) is 0 Å². The number of benzene rings is 1. The second-order valence-electron chi connectivity index (χ2n) is 2.95. The van der Waals surface area contributed by atoms with Gasteiger partial charge in [-0.05, 0) is 12.1 Å². The molecule has 1 aromatic heterocycles. The maximum atomic E-state index is 11.9.